The number of H-pyrrole nitrogens is 1. The van der Waals surface area contributed by atoms with E-state index in [0.29, 0.717) is 11.6 Å². The minimum atomic E-state index is -0.236. The fraction of sp³-hybridized carbons (Fsp3) is 0.600. The van der Waals surface area contributed by atoms with E-state index in [0.717, 1.165) is 32.2 Å². The molecule has 1 aliphatic carbocycles. The molecule has 1 aliphatic rings. The van der Waals surface area contributed by atoms with Gasteiger partial charge < -0.3 is 15.2 Å². The largest absolute Gasteiger partial charge is 0.339 e. The quantitative estimate of drug-likeness (QED) is 0.873. The molecule has 1 heterocycles. The predicted molar refractivity (Wildman–Crippen MR) is 78.9 cm³/mol. The summed E-state index contributed by atoms with van der Waals surface area (Å²) in [5.41, 5.74) is 0.227. The van der Waals surface area contributed by atoms with Crippen LogP contribution in [0.3, 0.4) is 0 Å². The molecular weight excluding hydrogens is 254 g/mol. The maximum absolute atomic E-state index is 12.4. The lowest BCUT2D eigenvalue weighted by Gasteiger charge is -2.35. The van der Waals surface area contributed by atoms with Crippen LogP contribution in [0.25, 0.3) is 0 Å². The number of carbonyl (C=O) groups is 1. The van der Waals surface area contributed by atoms with Crippen LogP contribution >= 0.6 is 0 Å². The van der Waals surface area contributed by atoms with Gasteiger partial charge in [0.1, 0.15) is 0 Å². The van der Waals surface area contributed by atoms with Crippen LogP contribution in [-0.2, 0) is 0 Å². The van der Waals surface area contributed by atoms with Gasteiger partial charge in [-0.05, 0) is 38.3 Å². The fourth-order valence-electron chi connectivity index (χ4n) is 2.90. The van der Waals surface area contributed by atoms with Gasteiger partial charge in [0.2, 0.25) is 5.56 Å². The van der Waals surface area contributed by atoms with E-state index in [1.54, 1.807) is 11.0 Å². The van der Waals surface area contributed by atoms with Crippen LogP contribution in [0.4, 0.5) is 0 Å². The molecule has 0 bridgehead atoms. The second-order valence-electron chi connectivity index (χ2n) is 5.42. The molecule has 2 N–H and O–H groups in total. The fourth-order valence-corrected chi connectivity index (χ4v) is 2.90. The number of rotatable bonds is 4. The Balaban J connectivity index is 1.96. The molecule has 0 unspecified atom stereocenters. The van der Waals surface area contributed by atoms with Gasteiger partial charge in [0.25, 0.3) is 5.91 Å². The Morgan fingerprint density at radius 1 is 1.40 bits per heavy atom. The van der Waals surface area contributed by atoms with Gasteiger partial charge in [-0.1, -0.05) is 6.92 Å². The number of pyridine rings is 1. The molecule has 0 radical (unpaired) electrons. The standard InChI is InChI=1S/C15H23N3O2/c1-3-16-12-4-6-13(7-5-12)18(2)15(20)11-8-9-17-14(19)10-11/h8-10,12-13,16H,3-7H2,1-2H3,(H,17,19). The highest BCUT2D eigenvalue weighted by Crippen LogP contribution is 2.23. The predicted octanol–water partition coefficient (Wildman–Crippen LogP) is 1.37. The van der Waals surface area contributed by atoms with Crippen molar-refractivity contribution in [2.75, 3.05) is 13.6 Å². The summed E-state index contributed by atoms with van der Waals surface area (Å²) >= 11 is 0. The van der Waals surface area contributed by atoms with Crippen LogP contribution in [0.15, 0.2) is 23.1 Å². The molecule has 1 aromatic heterocycles. The Kier molecular flexibility index (Phi) is 4.95. The van der Waals surface area contributed by atoms with Gasteiger partial charge in [0.15, 0.2) is 0 Å². The van der Waals surface area contributed by atoms with Crippen molar-refractivity contribution in [1.82, 2.24) is 15.2 Å². The van der Waals surface area contributed by atoms with Crippen LogP contribution in [0, 0.1) is 0 Å². The molecule has 0 aromatic carbocycles. The minimum Gasteiger partial charge on any atom is -0.339 e. The van der Waals surface area contributed by atoms with Gasteiger partial charge in [0, 0.05) is 37.0 Å². The average Bonchev–Trinajstić information content (AvgIpc) is 2.47. The normalized spacial score (nSPS) is 22.5. The van der Waals surface area contributed by atoms with Crippen molar-refractivity contribution in [2.24, 2.45) is 0 Å². The number of nitrogens with zero attached hydrogens (tertiary/aromatic N) is 1. The monoisotopic (exact) mass is 277 g/mol. The second-order valence-corrected chi connectivity index (χ2v) is 5.42. The number of aromatic amines is 1. The minimum absolute atomic E-state index is 0.0667. The maximum Gasteiger partial charge on any atom is 0.254 e. The van der Waals surface area contributed by atoms with Crippen molar-refractivity contribution < 1.29 is 4.79 Å². The third-order valence-electron chi connectivity index (χ3n) is 4.08. The Labute approximate surface area is 119 Å². The van der Waals surface area contributed by atoms with Crippen LogP contribution in [0.5, 0.6) is 0 Å². The number of hydrogen-bond acceptors (Lipinski definition) is 3. The van der Waals surface area contributed by atoms with Gasteiger partial charge in [-0.15, -0.1) is 0 Å². The summed E-state index contributed by atoms with van der Waals surface area (Å²) < 4.78 is 0. The van der Waals surface area contributed by atoms with E-state index in [1.165, 1.54) is 12.3 Å². The lowest BCUT2D eigenvalue weighted by molar-refractivity contribution is 0.0684. The Bertz CT molecular complexity index is 504. The Hall–Kier alpha value is -1.62. The van der Waals surface area contributed by atoms with Crippen molar-refractivity contribution in [2.45, 2.75) is 44.7 Å². The number of aromatic nitrogens is 1. The molecule has 1 fully saturated rings. The van der Waals surface area contributed by atoms with Gasteiger partial charge in [-0.2, -0.15) is 0 Å². The van der Waals surface area contributed by atoms with Crippen molar-refractivity contribution in [3.05, 3.63) is 34.2 Å². The summed E-state index contributed by atoms with van der Waals surface area (Å²) in [7, 11) is 1.84. The van der Waals surface area contributed by atoms with Crippen LogP contribution in [-0.4, -0.2) is 41.5 Å². The summed E-state index contributed by atoms with van der Waals surface area (Å²) in [6, 6.07) is 3.88. The Morgan fingerprint density at radius 2 is 2.10 bits per heavy atom. The summed E-state index contributed by atoms with van der Waals surface area (Å²) in [6.07, 6.45) is 5.76. The summed E-state index contributed by atoms with van der Waals surface area (Å²) in [4.78, 5) is 28.0. The zero-order valence-corrected chi connectivity index (χ0v) is 12.2. The molecule has 5 heteroatoms. The van der Waals surface area contributed by atoms with E-state index >= 15 is 0 Å². The van der Waals surface area contributed by atoms with Gasteiger partial charge in [0.05, 0.1) is 0 Å². The molecule has 1 amide bonds. The molecule has 5 nitrogen and oxygen atoms in total. The third-order valence-corrected chi connectivity index (χ3v) is 4.08. The molecule has 0 atom stereocenters. The van der Waals surface area contributed by atoms with E-state index in [9.17, 15) is 9.59 Å². The number of nitrogens with one attached hydrogen (secondary N) is 2. The summed E-state index contributed by atoms with van der Waals surface area (Å²) in [5, 5.41) is 3.46. The first-order valence-electron chi connectivity index (χ1n) is 7.31. The van der Waals surface area contributed by atoms with Gasteiger partial charge in [-0.3, -0.25) is 9.59 Å². The van der Waals surface area contributed by atoms with Crippen molar-refractivity contribution in [3.8, 4) is 0 Å². The average molecular weight is 277 g/mol. The van der Waals surface area contributed by atoms with Crippen molar-refractivity contribution in [1.29, 1.82) is 0 Å². The molecule has 0 aliphatic heterocycles. The lowest BCUT2D eigenvalue weighted by Crippen LogP contribution is -2.43. The van der Waals surface area contributed by atoms with Crippen molar-refractivity contribution in [3.63, 3.8) is 0 Å². The molecule has 0 saturated heterocycles. The number of hydrogen-bond donors (Lipinski definition) is 2. The van der Waals surface area contributed by atoms with E-state index in [1.807, 2.05) is 7.05 Å². The topological polar surface area (TPSA) is 65.2 Å². The molecule has 20 heavy (non-hydrogen) atoms. The maximum atomic E-state index is 12.4. The smallest absolute Gasteiger partial charge is 0.254 e. The molecule has 1 saturated carbocycles. The highest BCUT2D eigenvalue weighted by molar-refractivity contribution is 5.94. The zero-order valence-electron chi connectivity index (χ0n) is 12.2. The first kappa shape index (κ1) is 14.8. The highest BCUT2D eigenvalue weighted by Gasteiger charge is 2.26. The van der Waals surface area contributed by atoms with Crippen molar-refractivity contribution >= 4 is 5.91 Å². The first-order chi connectivity index (χ1) is 9.61. The number of amides is 1. The second kappa shape index (κ2) is 6.70. The van der Waals surface area contributed by atoms with E-state index in [-0.39, 0.29) is 17.5 Å². The van der Waals surface area contributed by atoms with Gasteiger partial charge in [-0.25, -0.2) is 0 Å². The van der Waals surface area contributed by atoms with E-state index in [4.69, 9.17) is 0 Å². The lowest BCUT2D eigenvalue weighted by atomic mass is 9.90. The molecule has 110 valence electrons. The molecule has 1 aromatic rings. The Morgan fingerprint density at radius 3 is 2.70 bits per heavy atom. The zero-order chi connectivity index (χ0) is 14.5. The van der Waals surface area contributed by atoms with Crippen LogP contribution in [0.2, 0.25) is 0 Å². The molecule has 2 rings (SSSR count). The van der Waals surface area contributed by atoms with Crippen LogP contribution < -0.4 is 10.9 Å². The molecule has 0 spiro atoms. The van der Waals surface area contributed by atoms with E-state index < -0.39 is 0 Å². The highest BCUT2D eigenvalue weighted by atomic mass is 16.2. The van der Waals surface area contributed by atoms with Gasteiger partial charge >= 0.3 is 0 Å². The third kappa shape index (κ3) is 3.48. The summed E-state index contributed by atoms with van der Waals surface area (Å²) in [5.74, 6) is -0.0667. The number of carbonyl (C=O) groups excluding carboxylic acids is 1. The molecular formula is C15H23N3O2. The first-order valence-corrected chi connectivity index (χ1v) is 7.31. The van der Waals surface area contributed by atoms with Crippen LogP contribution in [0.1, 0.15) is 43.0 Å². The summed E-state index contributed by atoms with van der Waals surface area (Å²) in [6.45, 7) is 3.12. The van der Waals surface area contributed by atoms with E-state index in [2.05, 4.69) is 17.2 Å². The SMILES string of the molecule is CCNC1CCC(N(C)C(=O)c2cc[nH]c(=O)c2)CC1.